The van der Waals surface area contributed by atoms with E-state index in [4.69, 9.17) is 17.0 Å². The minimum Gasteiger partial charge on any atom is -0.457 e. The third-order valence-corrected chi connectivity index (χ3v) is 8.33. The molecule has 0 aliphatic carbocycles. The highest BCUT2D eigenvalue weighted by Gasteiger charge is 2.51. The molecule has 1 aromatic heterocycles. The number of hydrogen-bond acceptors (Lipinski definition) is 5. The second-order valence-electron chi connectivity index (χ2n) is 9.04. The highest BCUT2D eigenvalue weighted by Crippen LogP contribution is 2.54. The zero-order valence-corrected chi connectivity index (χ0v) is 20.4. The number of fused-ring (bicyclic) bond motifs is 2. The van der Waals surface area contributed by atoms with E-state index in [9.17, 15) is 9.59 Å². The van der Waals surface area contributed by atoms with Crippen LogP contribution < -0.4 is 9.64 Å². The van der Waals surface area contributed by atoms with Gasteiger partial charge in [0.25, 0.3) is 11.7 Å². The van der Waals surface area contributed by atoms with Crippen LogP contribution in [-0.4, -0.2) is 15.6 Å². The summed E-state index contributed by atoms with van der Waals surface area (Å²) in [7, 11) is 0. The van der Waals surface area contributed by atoms with Gasteiger partial charge in [0.2, 0.25) is 0 Å². The summed E-state index contributed by atoms with van der Waals surface area (Å²) in [6.45, 7) is 5.88. The molecule has 0 unspecified atom stereocenters. The molecule has 0 atom stereocenters. The normalized spacial score (nSPS) is 15.3. The van der Waals surface area contributed by atoms with Crippen molar-refractivity contribution in [3.63, 3.8) is 0 Å². The van der Waals surface area contributed by atoms with Crippen molar-refractivity contribution in [2.24, 2.45) is 0 Å². The van der Waals surface area contributed by atoms with Crippen LogP contribution in [0.5, 0.6) is 11.5 Å². The molecule has 3 heterocycles. The Morgan fingerprint density at radius 1 is 0.912 bits per heavy atom. The van der Waals surface area contributed by atoms with Gasteiger partial charge in [-0.15, -0.1) is 0 Å². The molecule has 5 nitrogen and oxygen atoms in total. The number of anilines is 1. The Morgan fingerprint density at radius 3 is 2.26 bits per heavy atom. The third kappa shape index (κ3) is 2.87. The van der Waals surface area contributed by atoms with Crippen LogP contribution >= 0.6 is 23.8 Å². The molecule has 0 fully saturated rings. The highest BCUT2D eigenvalue weighted by atomic mass is 32.1. The summed E-state index contributed by atoms with van der Waals surface area (Å²) < 4.78 is 8.60. The SMILES string of the molecule is Cc1cc2c3c(c1)-c1c(sn(-c4ccc(Oc5ccccc5)cc4)c1=S)C(C)(C)N3C(=O)C2=O. The number of amides is 1. The van der Waals surface area contributed by atoms with Crippen molar-refractivity contribution >= 4 is 41.1 Å². The summed E-state index contributed by atoms with van der Waals surface area (Å²) in [4.78, 5) is 28.4. The first-order valence-electron chi connectivity index (χ1n) is 10.9. The molecule has 2 aliphatic rings. The average Bonchev–Trinajstić information content (AvgIpc) is 3.30. The molecule has 7 heteroatoms. The number of aromatic nitrogens is 1. The van der Waals surface area contributed by atoms with Gasteiger partial charge in [0.1, 0.15) is 16.1 Å². The largest absolute Gasteiger partial charge is 0.457 e. The van der Waals surface area contributed by atoms with Crippen LogP contribution in [0.4, 0.5) is 5.69 Å². The molecule has 0 saturated heterocycles. The van der Waals surface area contributed by atoms with Crippen LogP contribution in [0.1, 0.15) is 34.6 Å². The molecule has 6 rings (SSSR count). The Bertz CT molecular complexity index is 1560. The third-order valence-electron chi connectivity index (χ3n) is 6.36. The predicted octanol–water partition coefficient (Wildman–Crippen LogP) is 6.81. The maximum atomic E-state index is 13.0. The lowest BCUT2D eigenvalue weighted by Crippen LogP contribution is -2.46. The van der Waals surface area contributed by atoms with E-state index >= 15 is 0 Å². The topological polar surface area (TPSA) is 51.5 Å². The number of Topliss-reactive ketones (excluding diaryl/α,β-unsaturated/α-hetero) is 1. The van der Waals surface area contributed by atoms with Gasteiger partial charge in [-0.25, -0.2) is 0 Å². The number of benzene rings is 3. The number of rotatable bonds is 3. The number of ketones is 1. The van der Waals surface area contributed by atoms with Gasteiger partial charge in [0.05, 0.1) is 27.4 Å². The maximum Gasteiger partial charge on any atom is 0.300 e. The van der Waals surface area contributed by atoms with Crippen molar-refractivity contribution in [3.8, 4) is 28.3 Å². The van der Waals surface area contributed by atoms with E-state index in [1.54, 1.807) is 11.0 Å². The molecular weight excluding hydrogens is 464 g/mol. The Balaban J connectivity index is 1.49. The van der Waals surface area contributed by atoms with Crippen LogP contribution in [0.15, 0.2) is 66.7 Å². The summed E-state index contributed by atoms with van der Waals surface area (Å²) in [5, 5.41) is 0. The van der Waals surface area contributed by atoms with E-state index in [0.29, 0.717) is 15.9 Å². The fourth-order valence-electron chi connectivity index (χ4n) is 4.81. The summed E-state index contributed by atoms with van der Waals surface area (Å²) >= 11 is 7.48. The van der Waals surface area contributed by atoms with Crippen LogP contribution in [-0.2, 0) is 10.3 Å². The molecule has 0 radical (unpaired) electrons. The van der Waals surface area contributed by atoms with Crippen molar-refractivity contribution in [2.45, 2.75) is 26.3 Å². The van der Waals surface area contributed by atoms with Crippen LogP contribution in [0.2, 0.25) is 0 Å². The fourth-order valence-corrected chi connectivity index (χ4v) is 6.50. The second-order valence-corrected chi connectivity index (χ2v) is 10.4. The predicted molar refractivity (Wildman–Crippen MR) is 136 cm³/mol. The highest BCUT2D eigenvalue weighted by molar-refractivity contribution is 7.71. The molecule has 168 valence electrons. The summed E-state index contributed by atoms with van der Waals surface area (Å²) in [6.07, 6.45) is 0. The monoisotopic (exact) mass is 484 g/mol. The lowest BCUT2D eigenvalue weighted by atomic mass is 9.87. The number of carbonyl (C=O) groups is 2. The number of hydrogen-bond donors (Lipinski definition) is 0. The number of ether oxygens (including phenoxy) is 1. The number of nitrogens with zero attached hydrogens (tertiary/aromatic N) is 2. The minimum absolute atomic E-state index is 0.448. The van der Waals surface area contributed by atoms with Gasteiger partial charge >= 0.3 is 0 Å². The van der Waals surface area contributed by atoms with Gasteiger partial charge in [0.15, 0.2) is 0 Å². The van der Waals surface area contributed by atoms with Crippen LogP contribution in [0, 0.1) is 11.6 Å². The van der Waals surface area contributed by atoms with Crippen molar-refractivity contribution in [2.75, 3.05) is 4.90 Å². The van der Waals surface area contributed by atoms with Gasteiger partial charge in [-0.2, -0.15) is 0 Å². The van der Waals surface area contributed by atoms with Crippen LogP contribution in [0.3, 0.4) is 0 Å². The second kappa shape index (κ2) is 7.22. The Labute approximate surface area is 206 Å². The van der Waals surface area contributed by atoms with E-state index in [0.717, 1.165) is 38.8 Å². The summed E-state index contributed by atoms with van der Waals surface area (Å²) in [5.41, 5.74) is 4.07. The lowest BCUT2D eigenvalue weighted by Gasteiger charge is -2.39. The van der Waals surface area contributed by atoms with E-state index in [-0.39, 0.29) is 0 Å². The summed E-state index contributed by atoms with van der Waals surface area (Å²) in [6, 6.07) is 21.3. The molecule has 0 bridgehead atoms. The van der Waals surface area contributed by atoms with Crippen molar-refractivity contribution < 1.29 is 14.3 Å². The first-order chi connectivity index (χ1) is 16.3. The van der Waals surface area contributed by atoms with Gasteiger partial charge < -0.3 is 4.74 Å². The van der Waals surface area contributed by atoms with E-state index in [1.165, 1.54) is 11.5 Å². The quantitative estimate of drug-likeness (QED) is 0.237. The molecule has 0 saturated carbocycles. The Hall–Kier alpha value is -3.55. The van der Waals surface area contributed by atoms with Gasteiger partial charge in [-0.3, -0.25) is 18.4 Å². The number of carbonyl (C=O) groups excluding carboxylic acids is 2. The number of para-hydroxylation sites is 1. The van der Waals surface area contributed by atoms with Gasteiger partial charge in [-0.1, -0.05) is 41.9 Å². The zero-order valence-electron chi connectivity index (χ0n) is 18.8. The van der Waals surface area contributed by atoms with E-state index in [2.05, 4.69) is 0 Å². The molecule has 3 aromatic carbocycles. The van der Waals surface area contributed by atoms with E-state index in [1.807, 2.05) is 85.4 Å². The average molecular weight is 485 g/mol. The van der Waals surface area contributed by atoms with Crippen molar-refractivity contribution in [3.05, 3.63) is 87.4 Å². The van der Waals surface area contributed by atoms with Gasteiger partial charge in [-0.05, 0) is 74.9 Å². The smallest absolute Gasteiger partial charge is 0.300 e. The Kier molecular flexibility index (Phi) is 4.46. The molecule has 1 amide bonds. The van der Waals surface area contributed by atoms with Crippen molar-refractivity contribution in [1.82, 2.24) is 3.96 Å². The van der Waals surface area contributed by atoms with Crippen molar-refractivity contribution in [1.29, 1.82) is 0 Å². The molecule has 34 heavy (non-hydrogen) atoms. The first kappa shape index (κ1) is 21.0. The van der Waals surface area contributed by atoms with E-state index < -0.39 is 17.2 Å². The molecule has 4 aromatic rings. The first-order valence-corrected chi connectivity index (χ1v) is 12.1. The zero-order chi connectivity index (χ0) is 23.8. The fraction of sp³-hybridized carbons (Fsp3) is 0.148. The standard InChI is InChI=1S/C27H20N2O3S2/c1-15-13-19-21-24(27(2,3)28-22(19)20(14-15)23(30)25(28)31)34-29(26(21)33)16-9-11-18(12-10-16)32-17-7-5-4-6-8-17/h4-14H,1-3H3. The van der Waals surface area contributed by atoms with Gasteiger partial charge in [0, 0.05) is 11.1 Å². The molecular formula is C27H20N2O3S2. The van der Waals surface area contributed by atoms with Crippen LogP contribution in [0.25, 0.3) is 16.8 Å². The molecule has 0 N–H and O–H groups in total. The summed E-state index contributed by atoms with van der Waals surface area (Å²) in [5.74, 6) is 0.580. The molecule has 2 aliphatic heterocycles. The lowest BCUT2D eigenvalue weighted by molar-refractivity contribution is -0.115. The maximum absolute atomic E-state index is 13.0. The number of aryl methyl sites for hydroxylation is 1. The minimum atomic E-state index is -0.699. The Morgan fingerprint density at radius 2 is 1.56 bits per heavy atom. The molecule has 0 spiro atoms.